The Kier molecular flexibility index (Phi) is 4.98. The smallest absolute Gasteiger partial charge is 0.242 e. The molecule has 1 unspecified atom stereocenters. The van der Waals surface area contributed by atoms with Gasteiger partial charge in [0.05, 0.1) is 12.6 Å². The topological polar surface area (TPSA) is 73.1 Å². The van der Waals surface area contributed by atoms with Crippen molar-refractivity contribution in [3.05, 3.63) is 41.7 Å². The van der Waals surface area contributed by atoms with Gasteiger partial charge in [-0.15, -0.1) is 0 Å². The number of anilines is 2. The van der Waals surface area contributed by atoms with E-state index >= 15 is 0 Å². The quantitative estimate of drug-likeness (QED) is 0.853. The van der Waals surface area contributed by atoms with Gasteiger partial charge in [0.2, 0.25) is 5.88 Å². The molecule has 5 heteroatoms. The van der Waals surface area contributed by atoms with Crippen LogP contribution in [-0.4, -0.2) is 16.6 Å². The highest BCUT2D eigenvalue weighted by Crippen LogP contribution is 2.29. The van der Waals surface area contributed by atoms with E-state index in [1.165, 1.54) is 5.56 Å². The maximum absolute atomic E-state index is 6.11. The van der Waals surface area contributed by atoms with Crippen LogP contribution in [0.4, 0.5) is 11.5 Å². The molecule has 1 aromatic carbocycles. The summed E-state index contributed by atoms with van der Waals surface area (Å²) in [5.41, 5.74) is 7.73. The molecule has 0 aliphatic heterocycles. The van der Waals surface area contributed by atoms with Gasteiger partial charge in [-0.2, -0.15) is 4.98 Å². The predicted octanol–water partition coefficient (Wildman–Crippen LogP) is 3.19. The van der Waals surface area contributed by atoms with Gasteiger partial charge in [0, 0.05) is 6.42 Å². The van der Waals surface area contributed by atoms with Crippen LogP contribution in [0.3, 0.4) is 0 Å². The highest BCUT2D eigenvalue weighted by atomic mass is 16.5. The van der Waals surface area contributed by atoms with Crippen molar-refractivity contribution >= 4 is 11.5 Å². The normalized spacial score (nSPS) is 12.0. The summed E-state index contributed by atoms with van der Waals surface area (Å²) in [5.74, 6) is 1.80. The molecule has 0 aliphatic rings. The Balaban J connectivity index is 2.28. The minimum Gasteiger partial charge on any atom is -0.476 e. The molecule has 0 radical (unpaired) electrons. The summed E-state index contributed by atoms with van der Waals surface area (Å²) in [4.78, 5) is 8.79. The molecule has 1 aromatic heterocycles. The van der Waals surface area contributed by atoms with Gasteiger partial charge in [0.25, 0.3) is 0 Å². The van der Waals surface area contributed by atoms with Crippen LogP contribution in [0.5, 0.6) is 5.88 Å². The standard InChI is InChI=1S/C16H22N4O/c1-4-13-19-15(14(17)16(20-13)21-5-2)18-11(3)12-9-7-6-8-10-12/h6-11H,4-5,17H2,1-3H3,(H,18,19,20). The third-order valence-corrected chi connectivity index (χ3v) is 3.21. The Morgan fingerprint density at radius 3 is 2.52 bits per heavy atom. The fourth-order valence-electron chi connectivity index (χ4n) is 2.04. The fraction of sp³-hybridized carbons (Fsp3) is 0.375. The van der Waals surface area contributed by atoms with E-state index in [4.69, 9.17) is 10.5 Å². The molecule has 1 heterocycles. The molecule has 112 valence electrons. The molecule has 2 rings (SSSR count). The minimum absolute atomic E-state index is 0.0996. The zero-order chi connectivity index (χ0) is 15.2. The first-order chi connectivity index (χ1) is 10.2. The summed E-state index contributed by atoms with van der Waals surface area (Å²) < 4.78 is 5.49. The molecular formula is C16H22N4O. The molecule has 0 saturated heterocycles. The van der Waals surface area contributed by atoms with Crippen LogP contribution in [0, 0.1) is 0 Å². The van der Waals surface area contributed by atoms with Crippen molar-refractivity contribution in [3.63, 3.8) is 0 Å². The molecule has 0 saturated carbocycles. The number of ether oxygens (including phenoxy) is 1. The Morgan fingerprint density at radius 1 is 1.19 bits per heavy atom. The average Bonchev–Trinajstić information content (AvgIpc) is 2.52. The van der Waals surface area contributed by atoms with E-state index in [1.54, 1.807) is 0 Å². The second-order valence-corrected chi connectivity index (χ2v) is 4.77. The van der Waals surface area contributed by atoms with Gasteiger partial charge in [-0.1, -0.05) is 37.3 Å². The maximum atomic E-state index is 6.11. The first-order valence-corrected chi connectivity index (χ1v) is 7.26. The van der Waals surface area contributed by atoms with Gasteiger partial charge in [-0.05, 0) is 19.4 Å². The SMILES string of the molecule is CCOc1nc(CC)nc(NC(C)c2ccccc2)c1N. The molecule has 0 spiro atoms. The van der Waals surface area contributed by atoms with E-state index in [2.05, 4.69) is 34.3 Å². The van der Waals surface area contributed by atoms with Gasteiger partial charge in [0.15, 0.2) is 5.82 Å². The average molecular weight is 286 g/mol. The van der Waals surface area contributed by atoms with E-state index in [1.807, 2.05) is 32.0 Å². The lowest BCUT2D eigenvalue weighted by atomic mass is 10.1. The van der Waals surface area contributed by atoms with Crippen LogP contribution in [0.25, 0.3) is 0 Å². The Hall–Kier alpha value is -2.30. The number of aromatic nitrogens is 2. The predicted molar refractivity (Wildman–Crippen MR) is 85.5 cm³/mol. The number of benzene rings is 1. The minimum atomic E-state index is 0.0996. The van der Waals surface area contributed by atoms with Gasteiger partial charge in [-0.3, -0.25) is 0 Å². The molecule has 0 bridgehead atoms. The summed E-state index contributed by atoms with van der Waals surface area (Å²) >= 11 is 0. The van der Waals surface area contributed by atoms with Crippen molar-refractivity contribution in [2.24, 2.45) is 0 Å². The van der Waals surface area contributed by atoms with Crippen molar-refractivity contribution in [1.82, 2.24) is 9.97 Å². The summed E-state index contributed by atoms with van der Waals surface area (Å²) in [5, 5.41) is 3.34. The molecule has 3 N–H and O–H groups in total. The van der Waals surface area contributed by atoms with Crippen molar-refractivity contribution < 1.29 is 4.74 Å². The van der Waals surface area contributed by atoms with E-state index in [0.717, 1.165) is 12.2 Å². The van der Waals surface area contributed by atoms with E-state index < -0.39 is 0 Å². The van der Waals surface area contributed by atoms with E-state index in [0.29, 0.717) is 24.0 Å². The highest BCUT2D eigenvalue weighted by Gasteiger charge is 2.14. The van der Waals surface area contributed by atoms with Gasteiger partial charge in [0.1, 0.15) is 11.5 Å². The lowest BCUT2D eigenvalue weighted by Crippen LogP contribution is -2.13. The summed E-state index contributed by atoms with van der Waals surface area (Å²) in [6.07, 6.45) is 0.731. The summed E-state index contributed by atoms with van der Waals surface area (Å²) in [7, 11) is 0. The van der Waals surface area contributed by atoms with Gasteiger partial charge < -0.3 is 15.8 Å². The second kappa shape index (κ2) is 6.92. The number of hydrogen-bond donors (Lipinski definition) is 2. The number of hydrogen-bond acceptors (Lipinski definition) is 5. The first kappa shape index (κ1) is 15.1. The first-order valence-electron chi connectivity index (χ1n) is 7.26. The number of rotatable bonds is 6. The second-order valence-electron chi connectivity index (χ2n) is 4.77. The van der Waals surface area contributed by atoms with Crippen molar-refractivity contribution in [3.8, 4) is 5.88 Å². The largest absolute Gasteiger partial charge is 0.476 e. The maximum Gasteiger partial charge on any atom is 0.242 e. The Labute approximate surface area is 125 Å². The van der Waals surface area contributed by atoms with Crippen LogP contribution in [-0.2, 0) is 6.42 Å². The van der Waals surface area contributed by atoms with Crippen LogP contribution in [0.2, 0.25) is 0 Å². The molecular weight excluding hydrogens is 264 g/mol. The van der Waals surface area contributed by atoms with Crippen LogP contribution in [0.15, 0.2) is 30.3 Å². The van der Waals surface area contributed by atoms with E-state index in [-0.39, 0.29) is 6.04 Å². The Morgan fingerprint density at radius 2 is 1.90 bits per heavy atom. The molecule has 0 amide bonds. The third-order valence-electron chi connectivity index (χ3n) is 3.21. The zero-order valence-electron chi connectivity index (χ0n) is 12.8. The van der Waals surface area contributed by atoms with E-state index in [9.17, 15) is 0 Å². The lowest BCUT2D eigenvalue weighted by molar-refractivity contribution is 0.327. The number of nitrogens with two attached hydrogens (primary N) is 1. The van der Waals surface area contributed by atoms with Crippen molar-refractivity contribution in [2.75, 3.05) is 17.7 Å². The molecule has 2 aromatic rings. The molecule has 5 nitrogen and oxygen atoms in total. The van der Waals surface area contributed by atoms with Gasteiger partial charge >= 0.3 is 0 Å². The molecule has 0 aliphatic carbocycles. The summed E-state index contributed by atoms with van der Waals surface area (Å²) in [6.45, 7) is 6.51. The zero-order valence-corrected chi connectivity index (χ0v) is 12.8. The number of nitrogens with one attached hydrogen (secondary N) is 1. The number of nitrogens with zero attached hydrogens (tertiary/aromatic N) is 2. The molecule has 1 atom stereocenters. The van der Waals surface area contributed by atoms with Crippen molar-refractivity contribution in [2.45, 2.75) is 33.2 Å². The van der Waals surface area contributed by atoms with Crippen LogP contribution >= 0.6 is 0 Å². The van der Waals surface area contributed by atoms with Crippen LogP contribution < -0.4 is 15.8 Å². The summed E-state index contributed by atoms with van der Waals surface area (Å²) in [6, 6.07) is 10.3. The lowest BCUT2D eigenvalue weighted by Gasteiger charge is -2.18. The molecule has 0 fully saturated rings. The number of aryl methyl sites for hydroxylation is 1. The highest BCUT2D eigenvalue weighted by molar-refractivity contribution is 5.67. The van der Waals surface area contributed by atoms with Gasteiger partial charge in [-0.25, -0.2) is 4.98 Å². The monoisotopic (exact) mass is 286 g/mol. The Bertz CT molecular complexity index is 586. The third kappa shape index (κ3) is 3.62. The molecule has 21 heavy (non-hydrogen) atoms. The van der Waals surface area contributed by atoms with Crippen LogP contribution in [0.1, 0.15) is 38.2 Å². The van der Waals surface area contributed by atoms with Crippen molar-refractivity contribution in [1.29, 1.82) is 0 Å². The number of nitrogen functional groups attached to an aromatic ring is 1. The fourth-order valence-corrected chi connectivity index (χ4v) is 2.04.